The second-order valence-corrected chi connectivity index (χ2v) is 10.9. The van der Waals surface area contributed by atoms with Gasteiger partial charge in [-0.25, -0.2) is 4.99 Å². The molecule has 12 heteroatoms. The fourth-order valence-electron chi connectivity index (χ4n) is 3.14. The number of hydrogen-bond acceptors (Lipinski definition) is 6. The predicted octanol–water partition coefficient (Wildman–Crippen LogP) is 7.17. The summed E-state index contributed by atoms with van der Waals surface area (Å²) in [5.41, 5.74) is 1.89. The van der Waals surface area contributed by atoms with Crippen LogP contribution in [0.5, 0.6) is 11.5 Å². The predicted molar refractivity (Wildman–Crippen MR) is 159 cm³/mol. The zero-order chi connectivity index (χ0) is 26.5. The Morgan fingerprint density at radius 3 is 2.57 bits per heavy atom. The van der Waals surface area contributed by atoms with Crippen LogP contribution in [-0.4, -0.2) is 30.7 Å². The third-order valence-corrected chi connectivity index (χ3v) is 7.51. The Morgan fingerprint density at radius 1 is 1.11 bits per heavy atom. The highest BCUT2D eigenvalue weighted by molar-refractivity contribution is 14.1. The van der Waals surface area contributed by atoms with Gasteiger partial charge in [-0.1, -0.05) is 34.8 Å². The fourth-order valence-corrected chi connectivity index (χ4v) is 5.18. The number of hydrogen-bond donors (Lipinski definition) is 2. The van der Waals surface area contributed by atoms with Crippen molar-refractivity contribution >= 4 is 104 Å². The van der Waals surface area contributed by atoms with Crippen LogP contribution in [0.1, 0.15) is 5.56 Å². The van der Waals surface area contributed by atoms with Crippen LogP contribution in [-0.2, 0) is 9.59 Å². The first-order valence-corrected chi connectivity index (χ1v) is 13.5. The molecule has 7 nitrogen and oxygen atoms in total. The molecule has 2 N–H and O–H groups in total. The second kappa shape index (κ2) is 12.4. The lowest BCUT2D eigenvalue weighted by molar-refractivity contribution is -0.118. The summed E-state index contributed by atoms with van der Waals surface area (Å²) in [6, 6.07) is 15.3. The van der Waals surface area contributed by atoms with E-state index >= 15 is 0 Å². The molecule has 1 aliphatic rings. The minimum atomic E-state index is -0.381. The van der Waals surface area contributed by atoms with Crippen molar-refractivity contribution in [3.8, 4) is 11.5 Å². The summed E-state index contributed by atoms with van der Waals surface area (Å²) in [6.45, 7) is -0.254. The van der Waals surface area contributed by atoms with E-state index in [-0.39, 0.29) is 18.4 Å². The van der Waals surface area contributed by atoms with Crippen molar-refractivity contribution in [2.75, 3.05) is 19.0 Å². The van der Waals surface area contributed by atoms with Gasteiger partial charge in [-0.15, -0.1) is 0 Å². The Balaban J connectivity index is 1.45. The molecule has 0 radical (unpaired) electrons. The van der Waals surface area contributed by atoms with Gasteiger partial charge in [0, 0.05) is 10.7 Å². The van der Waals surface area contributed by atoms with E-state index in [9.17, 15) is 9.59 Å². The summed E-state index contributed by atoms with van der Waals surface area (Å²) in [4.78, 5) is 29.8. The summed E-state index contributed by atoms with van der Waals surface area (Å²) >= 11 is 21.1. The molecule has 37 heavy (non-hydrogen) atoms. The molecule has 4 rings (SSSR count). The molecule has 1 fully saturated rings. The van der Waals surface area contributed by atoms with E-state index in [0.29, 0.717) is 51.6 Å². The number of benzene rings is 3. The molecule has 3 aromatic carbocycles. The molecule has 0 aromatic heterocycles. The third-order valence-electron chi connectivity index (χ3n) is 4.81. The average molecular weight is 689 g/mol. The van der Waals surface area contributed by atoms with Crippen LogP contribution in [0.25, 0.3) is 6.08 Å². The molecular weight excluding hydrogens is 672 g/mol. The first kappa shape index (κ1) is 27.6. The van der Waals surface area contributed by atoms with Crippen molar-refractivity contribution in [3.05, 3.63) is 83.7 Å². The lowest BCUT2D eigenvalue weighted by Crippen LogP contribution is -2.20. The number of nitrogens with zero attached hydrogens (tertiary/aromatic N) is 1. The molecule has 1 heterocycles. The van der Waals surface area contributed by atoms with Crippen molar-refractivity contribution in [3.63, 3.8) is 0 Å². The third kappa shape index (κ3) is 7.32. The van der Waals surface area contributed by atoms with Crippen LogP contribution in [0.3, 0.4) is 0 Å². The van der Waals surface area contributed by atoms with E-state index in [0.717, 1.165) is 5.56 Å². The molecule has 0 aliphatic carbocycles. The number of carbonyl (C=O) groups is 2. The summed E-state index contributed by atoms with van der Waals surface area (Å²) in [6.07, 6.45) is 1.73. The van der Waals surface area contributed by atoms with Crippen molar-refractivity contribution in [1.82, 2.24) is 5.32 Å². The lowest BCUT2D eigenvalue weighted by atomic mass is 10.2. The molecule has 0 bridgehead atoms. The van der Waals surface area contributed by atoms with Crippen molar-refractivity contribution in [2.24, 2.45) is 4.99 Å². The Hall–Kier alpha value is -2.44. The van der Waals surface area contributed by atoms with Gasteiger partial charge in [0.05, 0.1) is 31.3 Å². The van der Waals surface area contributed by atoms with Crippen LogP contribution in [0.15, 0.2) is 64.5 Å². The molecule has 0 spiro atoms. The van der Waals surface area contributed by atoms with Gasteiger partial charge in [-0.2, -0.15) is 0 Å². The van der Waals surface area contributed by atoms with E-state index in [4.69, 9.17) is 44.3 Å². The minimum Gasteiger partial charge on any atom is -0.493 e. The van der Waals surface area contributed by atoms with E-state index in [2.05, 4.69) is 38.2 Å². The van der Waals surface area contributed by atoms with Crippen molar-refractivity contribution in [2.45, 2.75) is 0 Å². The zero-order valence-corrected chi connectivity index (χ0v) is 24.2. The standard InChI is InChI=1S/C25H17Cl3IN3O4S/c1-35-20-9-13(10-21-24(34)32-25(37-21)31-15-4-2-14(26)3-5-15)8-19(29)23(20)36-12-22(33)30-16-6-7-17(27)18(28)11-16/h2-11H,12H2,1H3,(H,30,33)(H,31,32,34)/b21-10+. The van der Waals surface area contributed by atoms with Crippen molar-refractivity contribution < 1.29 is 19.1 Å². The van der Waals surface area contributed by atoms with Gasteiger partial charge in [0.1, 0.15) is 0 Å². The van der Waals surface area contributed by atoms with Crippen LogP contribution >= 0.6 is 69.2 Å². The van der Waals surface area contributed by atoms with Gasteiger partial charge in [0.15, 0.2) is 23.3 Å². The number of thioether (sulfide) groups is 1. The average Bonchev–Trinajstić information content (AvgIpc) is 3.20. The molecule has 1 aliphatic heterocycles. The number of carbonyl (C=O) groups excluding carboxylic acids is 2. The number of nitrogens with one attached hydrogen (secondary N) is 2. The van der Waals surface area contributed by atoms with E-state index in [1.54, 1.807) is 54.6 Å². The molecule has 0 unspecified atom stereocenters. The molecule has 0 saturated carbocycles. The number of halogens is 4. The highest BCUT2D eigenvalue weighted by Crippen LogP contribution is 2.36. The fraction of sp³-hybridized carbons (Fsp3) is 0.0800. The summed E-state index contributed by atoms with van der Waals surface area (Å²) < 4.78 is 11.9. The van der Waals surface area contributed by atoms with Gasteiger partial charge in [0.25, 0.3) is 11.8 Å². The molecule has 1 saturated heterocycles. The van der Waals surface area contributed by atoms with Gasteiger partial charge in [-0.05, 0) is 101 Å². The van der Waals surface area contributed by atoms with Crippen LogP contribution in [0.2, 0.25) is 15.1 Å². The first-order valence-electron chi connectivity index (χ1n) is 10.5. The van der Waals surface area contributed by atoms with Gasteiger partial charge < -0.3 is 20.1 Å². The number of aliphatic imine (C=N–C) groups is 1. The zero-order valence-electron chi connectivity index (χ0n) is 19.0. The van der Waals surface area contributed by atoms with E-state index < -0.39 is 0 Å². The van der Waals surface area contributed by atoms with Crippen LogP contribution in [0.4, 0.5) is 11.4 Å². The molecule has 3 aromatic rings. The maximum Gasteiger partial charge on any atom is 0.264 e. The molecule has 0 atom stereocenters. The normalized spacial score (nSPS) is 15.1. The van der Waals surface area contributed by atoms with E-state index in [1.165, 1.54) is 18.9 Å². The highest BCUT2D eigenvalue weighted by atomic mass is 127. The number of ether oxygens (including phenoxy) is 2. The van der Waals surface area contributed by atoms with Crippen molar-refractivity contribution in [1.29, 1.82) is 0 Å². The Bertz CT molecular complexity index is 1430. The van der Waals surface area contributed by atoms with E-state index in [1.807, 2.05) is 6.07 Å². The highest BCUT2D eigenvalue weighted by Gasteiger charge is 2.24. The Labute approximate surface area is 245 Å². The minimum absolute atomic E-state index is 0.254. The number of rotatable bonds is 7. The molecule has 2 amide bonds. The van der Waals surface area contributed by atoms with Gasteiger partial charge in [0.2, 0.25) is 0 Å². The van der Waals surface area contributed by atoms with Gasteiger partial charge >= 0.3 is 0 Å². The summed E-state index contributed by atoms with van der Waals surface area (Å²) in [5, 5.41) is 7.25. The molecule has 190 valence electrons. The quantitative estimate of drug-likeness (QED) is 0.203. The SMILES string of the molecule is COc1cc(/C=C2/SC(=Nc3ccc(Cl)cc3)NC2=O)cc(I)c1OCC(=O)Nc1ccc(Cl)c(Cl)c1. The van der Waals surface area contributed by atoms with Crippen LogP contribution < -0.4 is 20.1 Å². The topological polar surface area (TPSA) is 89.0 Å². The lowest BCUT2D eigenvalue weighted by Gasteiger charge is -2.14. The summed E-state index contributed by atoms with van der Waals surface area (Å²) in [7, 11) is 1.50. The number of amides is 2. The Morgan fingerprint density at radius 2 is 1.86 bits per heavy atom. The second-order valence-electron chi connectivity index (χ2n) is 7.46. The first-order chi connectivity index (χ1) is 17.7. The number of amidine groups is 1. The van der Waals surface area contributed by atoms with Crippen LogP contribution in [0, 0.1) is 3.57 Å². The monoisotopic (exact) mass is 687 g/mol. The smallest absolute Gasteiger partial charge is 0.264 e. The Kier molecular flexibility index (Phi) is 9.25. The maximum absolute atomic E-state index is 12.5. The van der Waals surface area contributed by atoms with Gasteiger partial charge in [-0.3, -0.25) is 9.59 Å². The summed E-state index contributed by atoms with van der Waals surface area (Å²) in [5.74, 6) is 0.183. The molecular formula is C25H17Cl3IN3O4S. The largest absolute Gasteiger partial charge is 0.493 e. The maximum atomic E-state index is 12.5. The number of methoxy groups -OCH3 is 1. The number of anilines is 1.